The van der Waals surface area contributed by atoms with Crippen molar-refractivity contribution in [3.63, 3.8) is 0 Å². The number of methoxy groups -OCH3 is 1. The first kappa shape index (κ1) is 21.1. The van der Waals surface area contributed by atoms with E-state index in [1.54, 1.807) is 47.2 Å². The third-order valence-electron chi connectivity index (χ3n) is 5.71. The van der Waals surface area contributed by atoms with Gasteiger partial charge in [0.25, 0.3) is 0 Å². The van der Waals surface area contributed by atoms with Gasteiger partial charge in [0.05, 0.1) is 24.7 Å². The highest BCUT2D eigenvalue weighted by molar-refractivity contribution is 7.90. The highest BCUT2D eigenvalue weighted by atomic mass is 32.2. The van der Waals surface area contributed by atoms with Gasteiger partial charge in [-0.05, 0) is 65.2 Å². The van der Waals surface area contributed by atoms with Gasteiger partial charge in [0, 0.05) is 29.1 Å². The van der Waals surface area contributed by atoms with Crippen molar-refractivity contribution in [1.82, 2.24) is 4.57 Å². The number of fused-ring (bicyclic) bond motifs is 2. The molecule has 0 amide bonds. The summed E-state index contributed by atoms with van der Waals surface area (Å²) in [5.41, 5.74) is 4.60. The molecule has 1 aliphatic heterocycles. The van der Waals surface area contributed by atoms with E-state index in [1.165, 1.54) is 19.2 Å². The van der Waals surface area contributed by atoms with Crippen LogP contribution >= 0.6 is 0 Å². The maximum absolute atomic E-state index is 13.7. The third kappa shape index (κ3) is 3.52. The van der Waals surface area contributed by atoms with Crippen LogP contribution in [-0.2, 0) is 21.1 Å². The summed E-state index contributed by atoms with van der Waals surface area (Å²) in [6, 6.07) is 16.2. The Hall–Kier alpha value is -3.78. The lowest BCUT2D eigenvalue weighted by Crippen LogP contribution is -2.08. The summed E-state index contributed by atoms with van der Waals surface area (Å²) in [5.74, 6) is -0.892. The van der Waals surface area contributed by atoms with Gasteiger partial charge in [-0.25, -0.2) is 17.6 Å². The Bertz CT molecular complexity index is 1550. The van der Waals surface area contributed by atoms with Gasteiger partial charge in [-0.1, -0.05) is 12.1 Å². The summed E-state index contributed by atoms with van der Waals surface area (Å²) < 4.78 is 46.3. The first-order valence-electron chi connectivity index (χ1n) is 10.1. The molecule has 1 aliphatic rings. The van der Waals surface area contributed by atoms with Crippen LogP contribution in [0.2, 0.25) is 0 Å². The van der Waals surface area contributed by atoms with Crippen LogP contribution in [0.15, 0.2) is 70.7 Å². The third-order valence-corrected chi connectivity index (χ3v) is 6.80. The predicted octanol–water partition coefficient (Wildman–Crippen LogP) is 4.56. The number of hydrogen-bond donors (Lipinski definition) is 0. The molecular formula is C25H19FN2O4S. The standard InChI is InChI=1S/C25H19FN2O4S/c1-32-25(29)16-5-3-15(4-6-16)23-21-11-17-13-27-14-18(17)12-22(21)28(24(23)33(2,30)31)20-9-7-19(26)8-10-20/h3-12,14H,13H2,1-2H3. The molecule has 3 aromatic carbocycles. The van der Waals surface area contributed by atoms with Gasteiger partial charge in [-0.2, -0.15) is 0 Å². The van der Waals surface area contributed by atoms with Crippen molar-refractivity contribution in [2.45, 2.75) is 11.6 Å². The zero-order valence-electron chi connectivity index (χ0n) is 17.9. The monoisotopic (exact) mass is 462 g/mol. The van der Waals surface area contributed by atoms with E-state index in [0.717, 1.165) is 22.8 Å². The van der Waals surface area contributed by atoms with Crippen LogP contribution < -0.4 is 0 Å². The minimum atomic E-state index is -3.73. The second kappa shape index (κ2) is 7.67. The second-order valence-corrected chi connectivity index (χ2v) is 9.80. The second-order valence-electron chi connectivity index (χ2n) is 7.87. The van der Waals surface area contributed by atoms with Gasteiger partial charge in [-0.3, -0.25) is 9.56 Å². The van der Waals surface area contributed by atoms with Crippen LogP contribution in [0.25, 0.3) is 27.7 Å². The molecule has 0 atom stereocenters. The number of rotatable bonds is 4. The van der Waals surface area contributed by atoms with E-state index >= 15 is 0 Å². The van der Waals surface area contributed by atoms with Crippen molar-refractivity contribution in [3.05, 3.63) is 83.2 Å². The molecule has 8 heteroatoms. The van der Waals surface area contributed by atoms with Crippen molar-refractivity contribution in [2.75, 3.05) is 13.4 Å². The van der Waals surface area contributed by atoms with Gasteiger partial charge in [0.15, 0.2) is 9.84 Å². The van der Waals surface area contributed by atoms with E-state index in [-0.39, 0.29) is 5.03 Å². The lowest BCUT2D eigenvalue weighted by Gasteiger charge is -2.11. The number of carbonyl (C=O) groups excluding carboxylic acids is 1. The number of aliphatic imine (C=N–C) groups is 1. The fourth-order valence-corrected chi connectivity index (χ4v) is 5.37. The van der Waals surface area contributed by atoms with Crippen molar-refractivity contribution in [3.8, 4) is 16.8 Å². The van der Waals surface area contributed by atoms with Gasteiger partial charge in [-0.15, -0.1) is 0 Å². The lowest BCUT2D eigenvalue weighted by molar-refractivity contribution is 0.0600. The minimum Gasteiger partial charge on any atom is -0.465 e. The Kier molecular flexibility index (Phi) is 4.90. The average Bonchev–Trinajstić information content (AvgIpc) is 3.39. The number of esters is 1. The van der Waals surface area contributed by atoms with E-state index in [1.807, 2.05) is 12.1 Å². The van der Waals surface area contributed by atoms with Gasteiger partial charge >= 0.3 is 5.97 Å². The van der Waals surface area contributed by atoms with Crippen molar-refractivity contribution < 1.29 is 22.3 Å². The van der Waals surface area contributed by atoms with E-state index < -0.39 is 21.6 Å². The number of halogens is 1. The molecule has 0 unspecified atom stereocenters. The molecule has 0 saturated heterocycles. The van der Waals surface area contributed by atoms with Crippen LogP contribution in [-0.4, -0.2) is 38.5 Å². The van der Waals surface area contributed by atoms with Crippen molar-refractivity contribution >= 4 is 32.9 Å². The summed E-state index contributed by atoms with van der Waals surface area (Å²) in [5, 5.41) is 0.824. The van der Waals surface area contributed by atoms with Crippen LogP contribution in [0.3, 0.4) is 0 Å². The maximum atomic E-state index is 13.7. The number of carbonyl (C=O) groups is 1. The summed E-state index contributed by atoms with van der Waals surface area (Å²) in [6.07, 6.45) is 2.92. The highest BCUT2D eigenvalue weighted by Crippen LogP contribution is 2.41. The Morgan fingerprint density at radius 3 is 2.39 bits per heavy atom. The zero-order valence-corrected chi connectivity index (χ0v) is 18.7. The van der Waals surface area contributed by atoms with Crippen molar-refractivity contribution in [1.29, 1.82) is 0 Å². The number of benzene rings is 3. The van der Waals surface area contributed by atoms with E-state index in [9.17, 15) is 17.6 Å². The fraction of sp³-hybridized carbons (Fsp3) is 0.120. The first-order valence-corrected chi connectivity index (χ1v) is 12.0. The number of aromatic nitrogens is 1. The summed E-state index contributed by atoms with van der Waals surface area (Å²) in [7, 11) is -2.43. The number of nitrogens with zero attached hydrogens (tertiary/aromatic N) is 2. The van der Waals surface area contributed by atoms with Gasteiger partial charge in [0.1, 0.15) is 10.8 Å². The molecule has 0 saturated carbocycles. The number of sulfone groups is 1. The molecule has 0 N–H and O–H groups in total. The maximum Gasteiger partial charge on any atom is 0.337 e. The van der Waals surface area contributed by atoms with Crippen LogP contribution in [0.4, 0.5) is 4.39 Å². The first-order chi connectivity index (χ1) is 15.8. The quantitative estimate of drug-likeness (QED) is 0.417. The molecule has 33 heavy (non-hydrogen) atoms. The number of ether oxygens (including phenoxy) is 1. The molecule has 4 aromatic rings. The number of hydrogen-bond acceptors (Lipinski definition) is 5. The molecule has 0 bridgehead atoms. The summed E-state index contributed by atoms with van der Waals surface area (Å²) >= 11 is 0. The molecule has 2 heterocycles. The summed E-state index contributed by atoms with van der Waals surface area (Å²) in [6.45, 7) is 0.516. The van der Waals surface area contributed by atoms with Crippen LogP contribution in [0.5, 0.6) is 0 Å². The topological polar surface area (TPSA) is 77.7 Å². The van der Waals surface area contributed by atoms with Crippen LogP contribution in [0, 0.1) is 5.82 Å². The smallest absolute Gasteiger partial charge is 0.337 e. The van der Waals surface area contributed by atoms with E-state index in [0.29, 0.717) is 34.4 Å². The molecule has 0 aliphatic carbocycles. The molecule has 166 valence electrons. The Labute approximate surface area is 189 Å². The molecular weight excluding hydrogens is 443 g/mol. The fourth-order valence-electron chi connectivity index (χ4n) is 4.24. The van der Waals surface area contributed by atoms with E-state index in [2.05, 4.69) is 4.99 Å². The largest absolute Gasteiger partial charge is 0.465 e. The van der Waals surface area contributed by atoms with E-state index in [4.69, 9.17) is 4.74 Å². The highest BCUT2D eigenvalue weighted by Gasteiger charge is 2.28. The minimum absolute atomic E-state index is 0.0931. The molecule has 6 nitrogen and oxygen atoms in total. The van der Waals surface area contributed by atoms with Gasteiger partial charge in [0.2, 0.25) is 0 Å². The Morgan fingerprint density at radius 1 is 1.06 bits per heavy atom. The van der Waals surface area contributed by atoms with Gasteiger partial charge < -0.3 is 4.74 Å². The average molecular weight is 463 g/mol. The molecule has 1 aromatic heterocycles. The SMILES string of the molecule is COC(=O)c1ccc(-c2c(S(C)(=O)=O)n(-c3ccc(F)cc3)c3cc4c(cc23)CN=C4)cc1. The molecule has 0 spiro atoms. The Balaban J connectivity index is 1.89. The molecule has 0 radical (unpaired) electrons. The zero-order chi connectivity index (χ0) is 23.3. The Morgan fingerprint density at radius 2 is 1.76 bits per heavy atom. The lowest BCUT2D eigenvalue weighted by atomic mass is 10.00. The van der Waals surface area contributed by atoms with Crippen LogP contribution in [0.1, 0.15) is 21.5 Å². The summed E-state index contributed by atoms with van der Waals surface area (Å²) in [4.78, 5) is 16.2. The molecule has 0 fully saturated rings. The van der Waals surface area contributed by atoms with Crippen molar-refractivity contribution in [2.24, 2.45) is 4.99 Å². The molecule has 5 rings (SSSR count). The predicted molar refractivity (Wildman–Crippen MR) is 124 cm³/mol. The normalized spacial score (nSPS) is 12.8.